The van der Waals surface area contributed by atoms with Crippen LogP contribution in [0.4, 0.5) is 4.39 Å². The molecule has 1 aromatic carbocycles. The molecule has 0 fully saturated rings. The quantitative estimate of drug-likeness (QED) is 0.825. The summed E-state index contributed by atoms with van der Waals surface area (Å²) in [6.07, 6.45) is 0.0262. The van der Waals surface area contributed by atoms with Gasteiger partial charge in [0.2, 0.25) is 0 Å². The van der Waals surface area contributed by atoms with Gasteiger partial charge in [-0.15, -0.1) is 0 Å². The standard InChI is InChI=1S/C12H16FNO4/c1-6-7(5-9(14)12(15)16)4-8(13)11(18-3)10(6)17-2/h4,9H,5,14H2,1-3H3,(H,15,16). The second kappa shape index (κ2) is 5.68. The van der Waals surface area contributed by atoms with Crippen LogP contribution < -0.4 is 15.2 Å². The van der Waals surface area contributed by atoms with Crippen LogP contribution in [-0.4, -0.2) is 31.3 Å². The first kappa shape index (κ1) is 14.2. The van der Waals surface area contributed by atoms with Gasteiger partial charge in [0.05, 0.1) is 14.2 Å². The number of rotatable bonds is 5. The van der Waals surface area contributed by atoms with Crippen molar-refractivity contribution >= 4 is 5.97 Å². The first-order valence-corrected chi connectivity index (χ1v) is 5.30. The Kier molecular flexibility index (Phi) is 4.49. The lowest BCUT2D eigenvalue weighted by Crippen LogP contribution is -2.32. The van der Waals surface area contributed by atoms with Crippen molar-refractivity contribution in [1.82, 2.24) is 0 Å². The Bertz CT molecular complexity index is 462. The van der Waals surface area contributed by atoms with Crippen LogP contribution in [0, 0.1) is 12.7 Å². The molecule has 0 aliphatic heterocycles. The molecule has 0 amide bonds. The van der Waals surface area contributed by atoms with Crippen LogP contribution in [0.25, 0.3) is 0 Å². The van der Waals surface area contributed by atoms with Gasteiger partial charge in [0, 0.05) is 0 Å². The Morgan fingerprint density at radius 1 is 1.44 bits per heavy atom. The Labute approximate surface area is 104 Å². The summed E-state index contributed by atoms with van der Waals surface area (Å²) in [7, 11) is 2.73. The molecule has 0 saturated heterocycles. The van der Waals surface area contributed by atoms with Crippen LogP contribution in [0.5, 0.6) is 11.5 Å². The Balaban J connectivity index is 3.22. The third-order valence-electron chi connectivity index (χ3n) is 2.71. The number of halogens is 1. The molecular formula is C12H16FNO4. The van der Waals surface area contributed by atoms with Crippen LogP contribution in [0.2, 0.25) is 0 Å². The number of nitrogens with two attached hydrogens (primary N) is 1. The van der Waals surface area contributed by atoms with E-state index < -0.39 is 17.8 Å². The molecule has 6 heteroatoms. The summed E-state index contributed by atoms with van der Waals surface area (Å²) in [5, 5.41) is 8.76. The molecule has 1 atom stereocenters. The van der Waals surface area contributed by atoms with E-state index in [0.29, 0.717) is 11.1 Å². The van der Waals surface area contributed by atoms with Crippen molar-refractivity contribution in [1.29, 1.82) is 0 Å². The Morgan fingerprint density at radius 2 is 2.00 bits per heavy atom. The van der Waals surface area contributed by atoms with Gasteiger partial charge in [-0.1, -0.05) is 0 Å². The SMILES string of the molecule is COc1c(F)cc(CC(N)C(=O)O)c(C)c1OC. The van der Waals surface area contributed by atoms with E-state index in [1.165, 1.54) is 20.3 Å². The third kappa shape index (κ3) is 2.70. The van der Waals surface area contributed by atoms with E-state index in [2.05, 4.69) is 0 Å². The van der Waals surface area contributed by atoms with Crippen LogP contribution in [-0.2, 0) is 11.2 Å². The van der Waals surface area contributed by atoms with Gasteiger partial charge in [0.25, 0.3) is 0 Å². The molecule has 0 saturated carbocycles. The number of ether oxygens (including phenoxy) is 2. The molecule has 0 spiro atoms. The summed E-state index contributed by atoms with van der Waals surface area (Å²) in [4.78, 5) is 10.7. The second-order valence-electron chi connectivity index (χ2n) is 3.86. The van der Waals surface area contributed by atoms with Crippen molar-refractivity contribution in [3.05, 3.63) is 23.0 Å². The number of carbonyl (C=O) groups is 1. The fourth-order valence-electron chi connectivity index (χ4n) is 1.72. The summed E-state index contributed by atoms with van der Waals surface area (Å²) >= 11 is 0. The summed E-state index contributed by atoms with van der Waals surface area (Å²) in [6.45, 7) is 1.70. The van der Waals surface area contributed by atoms with Crippen molar-refractivity contribution in [3.8, 4) is 11.5 Å². The number of carboxylic acids is 1. The minimum Gasteiger partial charge on any atom is -0.492 e. The monoisotopic (exact) mass is 257 g/mol. The van der Waals surface area contributed by atoms with Crippen molar-refractivity contribution in [2.45, 2.75) is 19.4 Å². The van der Waals surface area contributed by atoms with Crippen LogP contribution >= 0.6 is 0 Å². The number of hydrogen-bond donors (Lipinski definition) is 2. The Morgan fingerprint density at radius 3 is 2.44 bits per heavy atom. The fourth-order valence-corrected chi connectivity index (χ4v) is 1.72. The van der Waals surface area contributed by atoms with Crippen LogP contribution in [0.15, 0.2) is 6.07 Å². The van der Waals surface area contributed by atoms with Gasteiger partial charge in [-0.05, 0) is 30.5 Å². The van der Waals surface area contributed by atoms with Crippen molar-refractivity contribution in [2.75, 3.05) is 14.2 Å². The number of methoxy groups -OCH3 is 2. The van der Waals surface area contributed by atoms with E-state index in [-0.39, 0.29) is 17.9 Å². The first-order valence-electron chi connectivity index (χ1n) is 5.30. The smallest absolute Gasteiger partial charge is 0.320 e. The topological polar surface area (TPSA) is 81.8 Å². The van der Waals surface area contributed by atoms with E-state index in [9.17, 15) is 9.18 Å². The predicted octanol–water partition coefficient (Wildman–Crippen LogP) is 1.11. The average molecular weight is 257 g/mol. The largest absolute Gasteiger partial charge is 0.492 e. The van der Waals surface area contributed by atoms with E-state index >= 15 is 0 Å². The highest BCUT2D eigenvalue weighted by atomic mass is 19.1. The Hall–Kier alpha value is -1.82. The maximum absolute atomic E-state index is 13.7. The summed E-state index contributed by atoms with van der Waals surface area (Å²) in [5.74, 6) is -1.48. The number of carboxylic acid groups (broad SMARTS) is 1. The first-order chi connectivity index (χ1) is 8.42. The van der Waals surface area contributed by atoms with Gasteiger partial charge < -0.3 is 20.3 Å². The summed E-state index contributed by atoms with van der Waals surface area (Å²) in [6, 6.07) is 0.139. The molecular weight excluding hydrogens is 241 g/mol. The maximum Gasteiger partial charge on any atom is 0.320 e. The molecule has 0 aromatic heterocycles. The molecule has 0 radical (unpaired) electrons. The molecule has 1 rings (SSSR count). The van der Waals surface area contributed by atoms with Gasteiger partial charge in [0.1, 0.15) is 6.04 Å². The fraction of sp³-hybridized carbons (Fsp3) is 0.417. The zero-order valence-corrected chi connectivity index (χ0v) is 10.5. The van der Waals surface area contributed by atoms with E-state index in [1.54, 1.807) is 6.92 Å². The van der Waals surface area contributed by atoms with E-state index in [1.807, 2.05) is 0 Å². The molecule has 1 aromatic rings. The second-order valence-corrected chi connectivity index (χ2v) is 3.86. The number of hydrogen-bond acceptors (Lipinski definition) is 4. The zero-order valence-electron chi connectivity index (χ0n) is 10.5. The minimum absolute atomic E-state index is 0.00245. The lowest BCUT2D eigenvalue weighted by molar-refractivity contribution is -0.138. The van der Waals surface area contributed by atoms with Gasteiger partial charge in [0.15, 0.2) is 17.3 Å². The van der Waals surface area contributed by atoms with Gasteiger partial charge in [-0.2, -0.15) is 0 Å². The molecule has 3 N–H and O–H groups in total. The highest BCUT2D eigenvalue weighted by molar-refractivity contribution is 5.73. The van der Waals surface area contributed by atoms with Crippen molar-refractivity contribution in [2.24, 2.45) is 5.73 Å². The predicted molar refractivity (Wildman–Crippen MR) is 63.6 cm³/mol. The van der Waals surface area contributed by atoms with Crippen LogP contribution in [0.3, 0.4) is 0 Å². The highest BCUT2D eigenvalue weighted by Crippen LogP contribution is 2.36. The van der Waals surface area contributed by atoms with Crippen molar-refractivity contribution < 1.29 is 23.8 Å². The van der Waals surface area contributed by atoms with Gasteiger partial charge in [-0.25, -0.2) is 4.39 Å². The normalized spacial score (nSPS) is 12.1. The van der Waals surface area contributed by atoms with Crippen molar-refractivity contribution in [3.63, 3.8) is 0 Å². The molecule has 0 aliphatic carbocycles. The number of aliphatic carboxylic acids is 1. The lowest BCUT2D eigenvalue weighted by atomic mass is 10.00. The minimum atomic E-state index is -1.13. The summed E-state index contributed by atoms with van der Waals surface area (Å²) in [5.41, 5.74) is 6.54. The average Bonchev–Trinajstić information content (AvgIpc) is 2.32. The van der Waals surface area contributed by atoms with E-state index in [0.717, 1.165) is 0 Å². The molecule has 1 unspecified atom stereocenters. The molecule has 0 heterocycles. The molecule has 0 aliphatic rings. The maximum atomic E-state index is 13.7. The zero-order chi connectivity index (χ0) is 13.9. The van der Waals surface area contributed by atoms with Gasteiger partial charge >= 0.3 is 5.97 Å². The third-order valence-corrected chi connectivity index (χ3v) is 2.71. The van der Waals surface area contributed by atoms with E-state index in [4.69, 9.17) is 20.3 Å². The van der Waals surface area contributed by atoms with Crippen LogP contribution in [0.1, 0.15) is 11.1 Å². The summed E-state index contributed by atoms with van der Waals surface area (Å²) < 4.78 is 23.7. The number of benzene rings is 1. The highest BCUT2D eigenvalue weighted by Gasteiger charge is 2.20. The molecule has 5 nitrogen and oxygen atoms in total. The molecule has 18 heavy (non-hydrogen) atoms. The molecule has 0 bridgehead atoms. The van der Waals surface area contributed by atoms with Gasteiger partial charge in [-0.3, -0.25) is 4.79 Å². The lowest BCUT2D eigenvalue weighted by Gasteiger charge is -2.16. The molecule has 100 valence electrons.